The molecule has 6 nitrogen and oxygen atoms in total. The number of nitrogens with zero attached hydrogens (tertiary/aromatic N) is 3. The van der Waals surface area contributed by atoms with E-state index >= 15 is 0 Å². The van der Waals surface area contributed by atoms with Gasteiger partial charge in [0, 0.05) is 11.3 Å². The van der Waals surface area contributed by atoms with Gasteiger partial charge in [-0.2, -0.15) is 0 Å². The van der Waals surface area contributed by atoms with E-state index in [9.17, 15) is 4.79 Å². The molecule has 0 radical (unpaired) electrons. The maximum absolute atomic E-state index is 12.6. The van der Waals surface area contributed by atoms with Crippen LogP contribution in [0, 0.1) is 6.92 Å². The molecule has 0 atom stereocenters. The van der Waals surface area contributed by atoms with Crippen molar-refractivity contribution < 1.29 is 9.21 Å². The topological polar surface area (TPSA) is 80.9 Å². The largest absolute Gasteiger partial charge is 0.431 e. The minimum absolute atomic E-state index is 0.199. The third-order valence-corrected chi connectivity index (χ3v) is 5.26. The van der Waals surface area contributed by atoms with Crippen molar-refractivity contribution in [2.75, 3.05) is 5.32 Å². The van der Waals surface area contributed by atoms with Gasteiger partial charge in [0.2, 0.25) is 5.13 Å². The minimum atomic E-state index is -0.199. The van der Waals surface area contributed by atoms with Crippen molar-refractivity contribution in [2.24, 2.45) is 0 Å². The van der Waals surface area contributed by atoms with Crippen LogP contribution in [0.4, 0.5) is 5.13 Å². The number of rotatable bonds is 5. The first-order valence-corrected chi connectivity index (χ1v) is 9.67. The standard InChI is InChI=1S/C18H14N4O2S2/c1-11-21-22-17(26-11)20-16(23)13-7-3-2-6-12(13)10-25-18-19-14-8-4-5-9-15(14)24-18/h2-9H,10H2,1H3,(H,20,22,23). The van der Waals surface area contributed by atoms with E-state index in [1.54, 1.807) is 6.07 Å². The van der Waals surface area contributed by atoms with Crippen LogP contribution in [0.3, 0.4) is 0 Å². The SMILES string of the molecule is Cc1nnc(NC(=O)c2ccccc2CSc2nc3ccccc3o2)s1. The van der Waals surface area contributed by atoms with Crippen molar-refractivity contribution in [1.29, 1.82) is 0 Å². The van der Waals surface area contributed by atoms with Crippen molar-refractivity contribution in [3.05, 3.63) is 64.7 Å². The van der Waals surface area contributed by atoms with E-state index in [0.717, 1.165) is 21.7 Å². The van der Waals surface area contributed by atoms with Gasteiger partial charge in [0.1, 0.15) is 10.5 Å². The van der Waals surface area contributed by atoms with Crippen molar-refractivity contribution in [3.8, 4) is 0 Å². The van der Waals surface area contributed by atoms with Gasteiger partial charge in [0.05, 0.1) is 0 Å². The fourth-order valence-electron chi connectivity index (χ4n) is 2.43. The molecule has 130 valence electrons. The summed E-state index contributed by atoms with van der Waals surface area (Å²) in [6.07, 6.45) is 0. The first-order valence-electron chi connectivity index (χ1n) is 7.87. The van der Waals surface area contributed by atoms with Crippen molar-refractivity contribution >= 4 is 45.2 Å². The molecule has 0 aliphatic rings. The molecule has 0 bridgehead atoms. The Labute approximate surface area is 157 Å². The monoisotopic (exact) mass is 382 g/mol. The highest BCUT2D eigenvalue weighted by Crippen LogP contribution is 2.27. The second-order valence-electron chi connectivity index (χ2n) is 5.47. The first kappa shape index (κ1) is 16.7. The van der Waals surface area contributed by atoms with Gasteiger partial charge in [-0.25, -0.2) is 4.98 Å². The van der Waals surface area contributed by atoms with Gasteiger partial charge in [0.15, 0.2) is 5.58 Å². The van der Waals surface area contributed by atoms with Crippen LogP contribution in [-0.2, 0) is 5.75 Å². The van der Waals surface area contributed by atoms with E-state index in [4.69, 9.17) is 4.42 Å². The molecular weight excluding hydrogens is 368 g/mol. The number of thioether (sulfide) groups is 1. The Hall–Kier alpha value is -2.71. The molecule has 8 heteroatoms. The Morgan fingerprint density at radius 2 is 1.96 bits per heavy atom. The molecule has 26 heavy (non-hydrogen) atoms. The molecule has 0 aliphatic carbocycles. The van der Waals surface area contributed by atoms with Crippen LogP contribution < -0.4 is 5.32 Å². The summed E-state index contributed by atoms with van der Waals surface area (Å²) in [4.78, 5) is 17.0. The Morgan fingerprint density at radius 3 is 2.77 bits per heavy atom. The summed E-state index contributed by atoms with van der Waals surface area (Å²) in [6, 6.07) is 15.1. The van der Waals surface area contributed by atoms with Crippen LogP contribution in [0.15, 0.2) is 58.2 Å². The maximum atomic E-state index is 12.6. The number of hydrogen-bond donors (Lipinski definition) is 1. The second-order valence-corrected chi connectivity index (χ2v) is 7.58. The van der Waals surface area contributed by atoms with Gasteiger partial charge in [0.25, 0.3) is 11.1 Å². The number of amides is 1. The highest BCUT2D eigenvalue weighted by atomic mass is 32.2. The fraction of sp³-hybridized carbons (Fsp3) is 0.111. The van der Waals surface area contributed by atoms with Crippen LogP contribution in [-0.4, -0.2) is 21.1 Å². The molecule has 0 saturated carbocycles. The predicted octanol–water partition coefficient (Wildman–Crippen LogP) is 4.53. The molecule has 0 aliphatic heterocycles. The lowest BCUT2D eigenvalue weighted by molar-refractivity contribution is 0.102. The molecule has 1 N–H and O–H groups in total. The average molecular weight is 382 g/mol. The van der Waals surface area contributed by atoms with Crippen LogP contribution in [0.2, 0.25) is 0 Å². The van der Waals surface area contributed by atoms with Crippen LogP contribution >= 0.6 is 23.1 Å². The number of fused-ring (bicyclic) bond motifs is 1. The summed E-state index contributed by atoms with van der Waals surface area (Å²) in [5.74, 6) is 0.376. The number of aromatic nitrogens is 3. The number of anilines is 1. The number of carbonyl (C=O) groups is 1. The summed E-state index contributed by atoms with van der Waals surface area (Å²) in [5.41, 5.74) is 3.09. The number of aryl methyl sites for hydroxylation is 1. The van der Waals surface area contributed by atoms with E-state index < -0.39 is 0 Å². The maximum Gasteiger partial charge on any atom is 0.257 e. The summed E-state index contributed by atoms with van der Waals surface area (Å²) >= 11 is 2.80. The van der Waals surface area contributed by atoms with Crippen molar-refractivity contribution in [3.63, 3.8) is 0 Å². The van der Waals surface area contributed by atoms with E-state index in [2.05, 4.69) is 20.5 Å². The van der Waals surface area contributed by atoms with Gasteiger partial charge in [-0.05, 0) is 30.7 Å². The van der Waals surface area contributed by atoms with E-state index in [0.29, 0.717) is 21.7 Å². The summed E-state index contributed by atoms with van der Waals surface area (Å²) in [7, 11) is 0. The lowest BCUT2D eigenvalue weighted by Gasteiger charge is -2.07. The van der Waals surface area contributed by atoms with Gasteiger partial charge >= 0.3 is 0 Å². The second kappa shape index (κ2) is 7.27. The molecule has 4 rings (SSSR count). The highest BCUT2D eigenvalue weighted by Gasteiger charge is 2.14. The van der Waals surface area contributed by atoms with E-state index in [1.807, 2.05) is 49.4 Å². The summed E-state index contributed by atoms with van der Waals surface area (Å²) in [5, 5.41) is 12.5. The Morgan fingerprint density at radius 1 is 1.15 bits per heavy atom. The predicted molar refractivity (Wildman–Crippen MR) is 103 cm³/mol. The van der Waals surface area contributed by atoms with Gasteiger partial charge < -0.3 is 4.42 Å². The smallest absolute Gasteiger partial charge is 0.257 e. The number of hydrogen-bond acceptors (Lipinski definition) is 7. The molecule has 4 aromatic rings. The molecule has 2 aromatic carbocycles. The molecule has 0 fully saturated rings. The quantitative estimate of drug-likeness (QED) is 0.511. The van der Waals surface area contributed by atoms with E-state index in [-0.39, 0.29) is 5.91 Å². The molecular formula is C18H14N4O2S2. The molecule has 0 saturated heterocycles. The summed E-state index contributed by atoms with van der Waals surface area (Å²) < 4.78 is 5.72. The van der Waals surface area contributed by atoms with Gasteiger partial charge in [-0.1, -0.05) is 53.4 Å². The third kappa shape index (κ3) is 3.61. The Bertz CT molecular complexity index is 1040. The average Bonchev–Trinajstić information content (AvgIpc) is 3.25. The molecule has 1 amide bonds. The number of carbonyl (C=O) groups excluding carboxylic acids is 1. The molecule has 2 aromatic heterocycles. The molecule has 2 heterocycles. The fourth-order valence-corrected chi connectivity index (χ4v) is 3.86. The van der Waals surface area contributed by atoms with Crippen molar-refractivity contribution in [2.45, 2.75) is 17.9 Å². The molecule has 0 unspecified atom stereocenters. The van der Waals surface area contributed by atoms with Crippen LogP contribution in [0.1, 0.15) is 20.9 Å². The normalized spacial score (nSPS) is 11.0. The number of benzene rings is 2. The summed E-state index contributed by atoms with van der Waals surface area (Å²) in [6.45, 7) is 1.85. The zero-order chi connectivity index (χ0) is 17.9. The van der Waals surface area contributed by atoms with Crippen LogP contribution in [0.25, 0.3) is 11.1 Å². The minimum Gasteiger partial charge on any atom is -0.431 e. The first-order chi connectivity index (χ1) is 12.7. The number of para-hydroxylation sites is 2. The lowest BCUT2D eigenvalue weighted by atomic mass is 10.1. The third-order valence-electron chi connectivity index (χ3n) is 3.63. The van der Waals surface area contributed by atoms with Gasteiger partial charge in [-0.3, -0.25) is 10.1 Å². The van der Waals surface area contributed by atoms with Crippen molar-refractivity contribution in [1.82, 2.24) is 15.2 Å². The van der Waals surface area contributed by atoms with Crippen LogP contribution in [0.5, 0.6) is 0 Å². The zero-order valence-corrected chi connectivity index (χ0v) is 15.4. The number of oxazole rings is 1. The zero-order valence-electron chi connectivity index (χ0n) is 13.8. The Balaban J connectivity index is 1.50. The molecule has 0 spiro atoms. The number of nitrogens with one attached hydrogen (secondary N) is 1. The Kier molecular flexibility index (Phi) is 4.68. The lowest BCUT2D eigenvalue weighted by Crippen LogP contribution is -2.13. The van der Waals surface area contributed by atoms with E-state index in [1.165, 1.54) is 23.1 Å². The highest BCUT2D eigenvalue weighted by molar-refractivity contribution is 7.98. The van der Waals surface area contributed by atoms with Gasteiger partial charge in [-0.15, -0.1) is 10.2 Å².